The maximum atomic E-state index is 13.0. The number of halogens is 1. The Morgan fingerprint density at radius 1 is 1.19 bits per heavy atom. The molecule has 3 rings (SSSR count). The minimum Gasteiger partial charge on any atom is -0.376 e. The van der Waals surface area contributed by atoms with Crippen LogP contribution in [0.15, 0.2) is 53.5 Å². The number of benzene rings is 2. The predicted molar refractivity (Wildman–Crippen MR) is 99.9 cm³/mol. The van der Waals surface area contributed by atoms with Gasteiger partial charge in [-0.25, -0.2) is 9.38 Å². The number of guanidine groups is 1. The summed E-state index contributed by atoms with van der Waals surface area (Å²) < 4.78 is 18.6. The molecule has 6 heteroatoms. The first kappa shape index (κ1) is 18.1. The lowest BCUT2D eigenvalue weighted by atomic mass is 10.2. The van der Waals surface area contributed by atoms with Gasteiger partial charge < -0.3 is 10.1 Å². The fourth-order valence-corrected chi connectivity index (χ4v) is 2.65. The summed E-state index contributed by atoms with van der Waals surface area (Å²) >= 11 is 0. The molecule has 26 heavy (non-hydrogen) atoms. The highest BCUT2D eigenvalue weighted by Gasteiger charge is 2.16. The normalized spacial score (nSPS) is 17.2. The van der Waals surface area contributed by atoms with E-state index in [1.165, 1.54) is 24.3 Å². The average Bonchev–Trinajstić information content (AvgIpc) is 3.15. The summed E-state index contributed by atoms with van der Waals surface area (Å²) in [6, 6.07) is 13.2. The number of ether oxygens (including phenoxy) is 1. The van der Waals surface area contributed by atoms with Gasteiger partial charge in [0.2, 0.25) is 5.96 Å². The van der Waals surface area contributed by atoms with E-state index >= 15 is 0 Å². The molecule has 1 fully saturated rings. The van der Waals surface area contributed by atoms with Gasteiger partial charge in [0.15, 0.2) is 0 Å². The second-order valence-corrected chi connectivity index (χ2v) is 6.28. The van der Waals surface area contributed by atoms with Crippen molar-refractivity contribution in [3.05, 3.63) is 65.5 Å². The van der Waals surface area contributed by atoms with E-state index in [2.05, 4.69) is 15.6 Å². The molecule has 1 aliphatic rings. The third-order valence-electron chi connectivity index (χ3n) is 4.13. The number of aliphatic imine (C=N–C) groups is 1. The highest BCUT2D eigenvalue weighted by atomic mass is 19.1. The molecule has 1 heterocycles. The Balaban J connectivity index is 1.72. The molecule has 0 radical (unpaired) electrons. The molecule has 2 N–H and O–H groups in total. The monoisotopic (exact) mass is 355 g/mol. The van der Waals surface area contributed by atoms with Crippen LogP contribution in [0.3, 0.4) is 0 Å². The number of amides is 1. The standard InChI is InChI=1S/C20H22FN3O2/c1-14-4-10-17(11-5-14)23-20(22-13-18-3-2-12-26-18)24-19(25)15-6-8-16(21)9-7-15/h4-11,18H,2-3,12-13H2,1H3,(H2,22,23,24,25). The molecular weight excluding hydrogens is 333 g/mol. The zero-order valence-electron chi connectivity index (χ0n) is 14.7. The van der Waals surface area contributed by atoms with Crippen molar-refractivity contribution in [3.8, 4) is 0 Å². The summed E-state index contributed by atoms with van der Waals surface area (Å²) in [5, 5.41) is 5.89. The zero-order chi connectivity index (χ0) is 18.4. The van der Waals surface area contributed by atoms with Crippen molar-refractivity contribution >= 4 is 17.6 Å². The Bertz CT molecular complexity index is 767. The number of nitrogens with one attached hydrogen (secondary N) is 2. The first-order valence-corrected chi connectivity index (χ1v) is 8.67. The average molecular weight is 355 g/mol. The predicted octanol–water partition coefficient (Wildman–Crippen LogP) is 3.51. The van der Waals surface area contributed by atoms with E-state index in [1.54, 1.807) is 0 Å². The Kier molecular flexibility index (Phi) is 5.96. The van der Waals surface area contributed by atoms with Crippen LogP contribution in [0.5, 0.6) is 0 Å². The number of hydrogen-bond donors (Lipinski definition) is 2. The fourth-order valence-electron chi connectivity index (χ4n) is 2.65. The number of carbonyl (C=O) groups is 1. The molecule has 2 aromatic rings. The minimum atomic E-state index is -0.383. The lowest BCUT2D eigenvalue weighted by Crippen LogP contribution is -2.36. The fraction of sp³-hybridized carbons (Fsp3) is 0.300. The lowest BCUT2D eigenvalue weighted by Gasteiger charge is -2.13. The van der Waals surface area contributed by atoms with Gasteiger partial charge >= 0.3 is 0 Å². The van der Waals surface area contributed by atoms with E-state index in [9.17, 15) is 9.18 Å². The van der Waals surface area contributed by atoms with Crippen LogP contribution in [0, 0.1) is 12.7 Å². The molecule has 1 atom stereocenters. The third-order valence-corrected chi connectivity index (χ3v) is 4.13. The second-order valence-electron chi connectivity index (χ2n) is 6.28. The number of carbonyl (C=O) groups excluding carboxylic acids is 1. The van der Waals surface area contributed by atoms with Gasteiger partial charge in [-0.3, -0.25) is 10.1 Å². The molecular formula is C20H22FN3O2. The number of aryl methyl sites for hydroxylation is 1. The van der Waals surface area contributed by atoms with Gasteiger partial charge in [0.05, 0.1) is 12.6 Å². The Morgan fingerprint density at radius 3 is 2.58 bits per heavy atom. The van der Waals surface area contributed by atoms with Crippen molar-refractivity contribution in [1.82, 2.24) is 5.32 Å². The van der Waals surface area contributed by atoms with Crippen LogP contribution in [-0.4, -0.2) is 31.1 Å². The highest BCUT2D eigenvalue weighted by Crippen LogP contribution is 2.13. The van der Waals surface area contributed by atoms with Crippen LogP contribution in [0.2, 0.25) is 0 Å². The topological polar surface area (TPSA) is 62.7 Å². The molecule has 1 unspecified atom stereocenters. The highest BCUT2D eigenvalue weighted by molar-refractivity contribution is 6.09. The summed E-state index contributed by atoms with van der Waals surface area (Å²) in [7, 11) is 0. The van der Waals surface area contributed by atoms with Crippen molar-refractivity contribution in [1.29, 1.82) is 0 Å². The van der Waals surface area contributed by atoms with E-state index in [0.29, 0.717) is 18.1 Å². The number of rotatable bonds is 4. The van der Waals surface area contributed by atoms with Crippen molar-refractivity contribution in [3.63, 3.8) is 0 Å². The molecule has 1 saturated heterocycles. The van der Waals surface area contributed by atoms with Crippen LogP contribution in [0.4, 0.5) is 10.1 Å². The van der Waals surface area contributed by atoms with Crippen LogP contribution in [0.1, 0.15) is 28.8 Å². The SMILES string of the molecule is Cc1ccc(NC(=NCC2CCCO2)NC(=O)c2ccc(F)cc2)cc1. The molecule has 0 bridgehead atoms. The van der Waals surface area contributed by atoms with Gasteiger partial charge in [-0.05, 0) is 56.2 Å². The Labute approximate surface area is 152 Å². The maximum absolute atomic E-state index is 13.0. The minimum absolute atomic E-state index is 0.0764. The summed E-state index contributed by atoms with van der Waals surface area (Å²) in [6.45, 7) is 3.23. The number of anilines is 1. The zero-order valence-corrected chi connectivity index (χ0v) is 14.7. The number of nitrogens with zero attached hydrogens (tertiary/aromatic N) is 1. The van der Waals surface area contributed by atoms with Gasteiger partial charge in [0.25, 0.3) is 5.91 Å². The van der Waals surface area contributed by atoms with Gasteiger partial charge in [-0.2, -0.15) is 0 Å². The first-order valence-electron chi connectivity index (χ1n) is 8.67. The summed E-state index contributed by atoms with van der Waals surface area (Å²) in [4.78, 5) is 16.9. The Hall–Kier alpha value is -2.73. The molecule has 0 saturated carbocycles. The van der Waals surface area contributed by atoms with E-state index in [0.717, 1.165) is 30.7 Å². The van der Waals surface area contributed by atoms with E-state index in [-0.39, 0.29) is 17.8 Å². The molecule has 0 aromatic heterocycles. The van der Waals surface area contributed by atoms with Gasteiger partial charge in [0.1, 0.15) is 5.82 Å². The molecule has 0 spiro atoms. The summed E-state index contributed by atoms with van der Waals surface area (Å²) in [5.41, 5.74) is 2.33. The van der Waals surface area contributed by atoms with Crippen molar-refractivity contribution < 1.29 is 13.9 Å². The molecule has 1 aliphatic heterocycles. The molecule has 5 nitrogen and oxygen atoms in total. The van der Waals surface area contributed by atoms with E-state index in [4.69, 9.17) is 4.74 Å². The largest absolute Gasteiger partial charge is 0.376 e. The van der Waals surface area contributed by atoms with Crippen LogP contribution in [-0.2, 0) is 4.74 Å². The van der Waals surface area contributed by atoms with Gasteiger partial charge in [0, 0.05) is 17.9 Å². The maximum Gasteiger partial charge on any atom is 0.257 e. The first-order chi connectivity index (χ1) is 12.6. The van der Waals surface area contributed by atoms with Crippen LogP contribution in [0.25, 0.3) is 0 Å². The van der Waals surface area contributed by atoms with Crippen molar-refractivity contribution in [2.24, 2.45) is 4.99 Å². The van der Waals surface area contributed by atoms with Crippen LogP contribution >= 0.6 is 0 Å². The third kappa shape index (κ3) is 5.13. The van der Waals surface area contributed by atoms with Crippen LogP contribution < -0.4 is 10.6 Å². The van der Waals surface area contributed by atoms with E-state index < -0.39 is 0 Å². The molecule has 1 amide bonds. The van der Waals surface area contributed by atoms with Crippen molar-refractivity contribution in [2.75, 3.05) is 18.5 Å². The Morgan fingerprint density at radius 2 is 1.92 bits per heavy atom. The molecule has 2 aromatic carbocycles. The quantitative estimate of drug-likeness (QED) is 0.652. The summed E-state index contributed by atoms with van der Waals surface area (Å²) in [6.07, 6.45) is 2.07. The molecule has 136 valence electrons. The smallest absolute Gasteiger partial charge is 0.257 e. The van der Waals surface area contributed by atoms with Gasteiger partial charge in [-0.1, -0.05) is 17.7 Å². The lowest BCUT2D eigenvalue weighted by molar-refractivity contribution is 0.0975. The van der Waals surface area contributed by atoms with Crippen molar-refractivity contribution in [2.45, 2.75) is 25.9 Å². The summed E-state index contributed by atoms with van der Waals surface area (Å²) in [5.74, 6) is -0.388. The van der Waals surface area contributed by atoms with Gasteiger partial charge in [-0.15, -0.1) is 0 Å². The molecule has 0 aliphatic carbocycles. The van der Waals surface area contributed by atoms with E-state index in [1.807, 2.05) is 31.2 Å². The number of hydrogen-bond acceptors (Lipinski definition) is 3. The second kappa shape index (κ2) is 8.58.